The number of hydrogen-bond acceptors (Lipinski definition) is 6. The molecule has 0 amide bonds. The third kappa shape index (κ3) is 2.16. The van der Waals surface area contributed by atoms with E-state index in [4.69, 9.17) is 10.9 Å². The zero-order chi connectivity index (χ0) is 10.7. The van der Waals surface area contributed by atoms with Gasteiger partial charge in [-0.2, -0.15) is 0 Å². The Morgan fingerprint density at radius 1 is 1.60 bits per heavy atom. The first-order valence-corrected chi connectivity index (χ1v) is 4.98. The third-order valence-electron chi connectivity index (χ3n) is 2.67. The second-order valence-electron chi connectivity index (χ2n) is 3.69. The van der Waals surface area contributed by atoms with E-state index in [9.17, 15) is 0 Å². The van der Waals surface area contributed by atoms with Crippen LogP contribution in [0.5, 0.6) is 0 Å². The molecule has 0 spiro atoms. The SMILES string of the molecule is NNc1cc(N2CCC(CO)C2)ncn1. The van der Waals surface area contributed by atoms with Gasteiger partial charge < -0.3 is 15.4 Å². The standard InChI is InChI=1S/C9H15N5O/c10-13-8-3-9(12-6-11-8)14-2-1-7(4-14)5-15/h3,6-7,15H,1-2,4-5,10H2,(H,11,12,13). The van der Waals surface area contributed by atoms with Crippen LogP contribution in [0.1, 0.15) is 6.42 Å². The van der Waals surface area contributed by atoms with E-state index < -0.39 is 0 Å². The summed E-state index contributed by atoms with van der Waals surface area (Å²) in [6.07, 6.45) is 2.49. The van der Waals surface area contributed by atoms with Crippen molar-refractivity contribution in [3.63, 3.8) is 0 Å². The van der Waals surface area contributed by atoms with Crippen molar-refractivity contribution in [2.24, 2.45) is 11.8 Å². The Kier molecular flexibility index (Phi) is 2.98. The van der Waals surface area contributed by atoms with Crippen LogP contribution in [0.25, 0.3) is 0 Å². The summed E-state index contributed by atoms with van der Waals surface area (Å²) >= 11 is 0. The van der Waals surface area contributed by atoms with E-state index in [1.807, 2.05) is 0 Å². The number of rotatable bonds is 3. The number of hydrogen-bond donors (Lipinski definition) is 3. The molecule has 1 unspecified atom stereocenters. The van der Waals surface area contributed by atoms with Gasteiger partial charge in [-0.15, -0.1) is 0 Å². The molecule has 2 rings (SSSR count). The van der Waals surface area contributed by atoms with Crippen molar-refractivity contribution in [2.75, 3.05) is 30.0 Å². The van der Waals surface area contributed by atoms with Crippen molar-refractivity contribution < 1.29 is 5.11 Å². The van der Waals surface area contributed by atoms with Crippen molar-refractivity contribution in [1.82, 2.24) is 9.97 Å². The molecule has 0 aliphatic carbocycles. The maximum Gasteiger partial charge on any atom is 0.145 e. The van der Waals surface area contributed by atoms with Gasteiger partial charge in [0.15, 0.2) is 0 Å². The molecule has 82 valence electrons. The van der Waals surface area contributed by atoms with E-state index in [2.05, 4.69) is 20.3 Å². The Morgan fingerprint density at radius 2 is 2.47 bits per heavy atom. The molecule has 1 aromatic heterocycles. The molecule has 2 heterocycles. The minimum Gasteiger partial charge on any atom is -0.396 e. The number of nitrogens with one attached hydrogen (secondary N) is 1. The van der Waals surface area contributed by atoms with E-state index in [1.165, 1.54) is 6.33 Å². The lowest BCUT2D eigenvalue weighted by Gasteiger charge is -2.17. The molecule has 15 heavy (non-hydrogen) atoms. The molecule has 1 aromatic rings. The highest BCUT2D eigenvalue weighted by atomic mass is 16.3. The number of aliphatic hydroxyl groups is 1. The summed E-state index contributed by atoms with van der Waals surface area (Å²) in [5, 5.41) is 9.04. The Balaban J connectivity index is 2.09. The summed E-state index contributed by atoms with van der Waals surface area (Å²) < 4.78 is 0. The minimum atomic E-state index is 0.240. The third-order valence-corrected chi connectivity index (χ3v) is 2.67. The van der Waals surface area contributed by atoms with E-state index in [1.54, 1.807) is 6.07 Å². The van der Waals surface area contributed by atoms with Gasteiger partial charge in [0, 0.05) is 31.7 Å². The number of aromatic nitrogens is 2. The van der Waals surface area contributed by atoms with Crippen LogP contribution in [0.3, 0.4) is 0 Å². The van der Waals surface area contributed by atoms with E-state index in [0.717, 1.165) is 25.3 Å². The van der Waals surface area contributed by atoms with Crippen LogP contribution in [0, 0.1) is 5.92 Å². The second kappa shape index (κ2) is 4.41. The fourth-order valence-corrected chi connectivity index (χ4v) is 1.79. The lowest BCUT2D eigenvalue weighted by atomic mass is 10.1. The molecule has 0 saturated carbocycles. The molecule has 6 nitrogen and oxygen atoms in total. The first-order valence-electron chi connectivity index (χ1n) is 4.98. The highest BCUT2D eigenvalue weighted by molar-refractivity contribution is 5.48. The molecular formula is C9H15N5O. The molecule has 6 heteroatoms. The quantitative estimate of drug-likeness (QED) is 0.463. The van der Waals surface area contributed by atoms with Crippen molar-refractivity contribution in [1.29, 1.82) is 0 Å². The van der Waals surface area contributed by atoms with Gasteiger partial charge in [0.2, 0.25) is 0 Å². The topological polar surface area (TPSA) is 87.3 Å². The Hall–Kier alpha value is -1.40. The fraction of sp³-hybridized carbons (Fsp3) is 0.556. The van der Waals surface area contributed by atoms with Gasteiger partial charge in [0.25, 0.3) is 0 Å². The van der Waals surface area contributed by atoms with Crippen molar-refractivity contribution in [3.8, 4) is 0 Å². The van der Waals surface area contributed by atoms with Crippen LogP contribution >= 0.6 is 0 Å². The summed E-state index contributed by atoms with van der Waals surface area (Å²) in [5.74, 6) is 7.09. The number of nitrogens with two attached hydrogens (primary N) is 1. The van der Waals surface area contributed by atoms with Gasteiger partial charge in [0.1, 0.15) is 18.0 Å². The van der Waals surface area contributed by atoms with E-state index in [0.29, 0.717) is 11.7 Å². The predicted octanol–water partition coefficient (Wildman–Crippen LogP) is -0.419. The molecule has 4 N–H and O–H groups in total. The zero-order valence-electron chi connectivity index (χ0n) is 8.43. The smallest absolute Gasteiger partial charge is 0.145 e. The van der Waals surface area contributed by atoms with Crippen LogP contribution in [-0.2, 0) is 0 Å². The Bertz CT molecular complexity index is 332. The van der Waals surface area contributed by atoms with Crippen LogP contribution in [-0.4, -0.2) is 34.8 Å². The molecule has 1 aliphatic rings. The van der Waals surface area contributed by atoms with Gasteiger partial charge >= 0.3 is 0 Å². The molecule has 1 atom stereocenters. The van der Waals surface area contributed by atoms with Gasteiger partial charge in [-0.3, -0.25) is 0 Å². The number of aliphatic hydroxyl groups excluding tert-OH is 1. The van der Waals surface area contributed by atoms with Crippen LogP contribution in [0.4, 0.5) is 11.6 Å². The average Bonchev–Trinajstić information content (AvgIpc) is 2.78. The van der Waals surface area contributed by atoms with Gasteiger partial charge in [-0.05, 0) is 6.42 Å². The summed E-state index contributed by atoms with van der Waals surface area (Å²) in [6.45, 7) is 2.01. The van der Waals surface area contributed by atoms with E-state index >= 15 is 0 Å². The lowest BCUT2D eigenvalue weighted by molar-refractivity contribution is 0.238. The summed E-state index contributed by atoms with van der Waals surface area (Å²) in [5.41, 5.74) is 2.49. The van der Waals surface area contributed by atoms with Gasteiger partial charge in [0.05, 0.1) is 0 Å². The normalized spacial score (nSPS) is 20.7. The van der Waals surface area contributed by atoms with Crippen molar-refractivity contribution in [3.05, 3.63) is 12.4 Å². The van der Waals surface area contributed by atoms with Crippen molar-refractivity contribution in [2.45, 2.75) is 6.42 Å². The summed E-state index contributed by atoms with van der Waals surface area (Å²) in [7, 11) is 0. The van der Waals surface area contributed by atoms with Gasteiger partial charge in [-0.25, -0.2) is 15.8 Å². The summed E-state index contributed by atoms with van der Waals surface area (Å²) in [6, 6.07) is 1.81. The molecule has 0 bridgehead atoms. The molecule has 1 fully saturated rings. The van der Waals surface area contributed by atoms with Crippen molar-refractivity contribution >= 4 is 11.6 Å². The van der Waals surface area contributed by atoms with Crippen LogP contribution in [0.15, 0.2) is 12.4 Å². The zero-order valence-corrected chi connectivity index (χ0v) is 8.43. The highest BCUT2D eigenvalue weighted by Gasteiger charge is 2.22. The number of nitrogen functional groups attached to an aromatic ring is 1. The minimum absolute atomic E-state index is 0.240. The summed E-state index contributed by atoms with van der Waals surface area (Å²) in [4.78, 5) is 10.2. The number of anilines is 2. The second-order valence-corrected chi connectivity index (χ2v) is 3.69. The maximum absolute atomic E-state index is 9.04. The maximum atomic E-state index is 9.04. The Morgan fingerprint density at radius 3 is 3.13 bits per heavy atom. The largest absolute Gasteiger partial charge is 0.396 e. The fourth-order valence-electron chi connectivity index (χ4n) is 1.79. The molecule has 1 saturated heterocycles. The highest BCUT2D eigenvalue weighted by Crippen LogP contribution is 2.22. The first-order chi connectivity index (χ1) is 7.33. The first kappa shape index (κ1) is 10.1. The number of nitrogens with zero attached hydrogens (tertiary/aromatic N) is 3. The molecule has 0 aromatic carbocycles. The average molecular weight is 209 g/mol. The monoisotopic (exact) mass is 209 g/mol. The Labute approximate surface area is 88.1 Å². The predicted molar refractivity (Wildman–Crippen MR) is 57.2 cm³/mol. The lowest BCUT2D eigenvalue weighted by Crippen LogP contribution is -2.22. The van der Waals surface area contributed by atoms with Crippen LogP contribution < -0.4 is 16.2 Å². The molecular weight excluding hydrogens is 194 g/mol. The molecule has 0 radical (unpaired) electrons. The van der Waals surface area contributed by atoms with Gasteiger partial charge in [-0.1, -0.05) is 0 Å². The number of hydrazine groups is 1. The molecule has 1 aliphatic heterocycles. The van der Waals surface area contributed by atoms with Crippen LogP contribution in [0.2, 0.25) is 0 Å². The van der Waals surface area contributed by atoms with E-state index in [-0.39, 0.29) is 6.61 Å².